The van der Waals surface area contributed by atoms with Gasteiger partial charge in [0, 0.05) is 6.54 Å². The molecule has 1 unspecified atom stereocenters. The minimum atomic E-state index is -0.902. The highest BCUT2D eigenvalue weighted by molar-refractivity contribution is 9.09. The number of nitrogens with one attached hydrogen (secondary N) is 1. The van der Waals surface area contributed by atoms with Crippen LogP contribution in [0, 0.1) is 5.92 Å². The highest BCUT2D eigenvalue weighted by Crippen LogP contribution is 2.30. The monoisotopic (exact) mass is 322 g/mol. The van der Waals surface area contributed by atoms with Crippen molar-refractivity contribution >= 4 is 27.9 Å². The van der Waals surface area contributed by atoms with Crippen LogP contribution in [0.25, 0.3) is 0 Å². The number of halogens is 1. The van der Waals surface area contributed by atoms with Crippen molar-refractivity contribution in [3.8, 4) is 0 Å². The summed E-state index contributed by atoms with van der Waals surface area (Å²) in [7, 11) is 0. The highest BCUT2D eigenvalue weighted by atomic mass is 79.9. The summed E-state index contributed by atoms with van der Waals surface area (Å²) in [6.07, 6.45) is -2.34. The topological polar surface area (TPSA) is 99.1 Å². The molecule has 5 atom stereocenters. The van der Waals surface area contributed by atoms with Crippen molar-refractivity contribution in [2.45, 2.75) is 30.2 Å². The molecule has 2 saturated heterocycles. The molecule has 7 nitrogen and oxygen atoms in total. The summed E-state index contributed by atoms with van der Waals surface area (Å²) in [4.78, 5) is 23.9. The van der Waals surface area contributed by atoms with E-state index in [4.69, 9.17) is 9.84 Å². The lowest BCUT2D eigenvalue weighted by molar-refractivity contribution is -0.128. The Balaban J connectivity index is 2.12. The van der Waals surface area contributed by atoms with E-state index in [2.05, 4.69) is 21.2 Å². The van der Waals surface area contributed by atoms with Crippen LogP contribution in [-0.2, 0) is 9.53 Å². The van der Waals surface area contributed by atoms with Crippen LogP contribution in [0.1, 0.15) is 6.92 Å². The molecule has 2 aliphatic heterocycles. The van der Waals surface area contributed by atoms with Crippen LogP contribution in [0.15, 0.2) is 0 Å². The lowest BCUT2D eigenvalue weighted by atomic mass is 10.1. The average Bonchev–Trinajstić information content (AvgIpc) is 2.61. The highest BCUT2D eigenvalue weighted by Gasteiger charge is 2.48. The van der Waals surface area contributed by atoms with E-state index >= 15 is 0 Å². The van der Waals surface area contributed by atoms with Crippen molar-refractivity contribution in [1.82, 2.24) is 10.2 Å². The van der Waals surface area contributed by atoms with E-state index in [-0.39, 0.29) is 25.0 Å². The fraction of sp³-hybridized carbons (Fsp3) is 0.800. The van der Waals surface area contributed by atoms with Gasteiger partial charge in [-0.25, -0.2) is 4.79 Å². The molecule has 0 aromatic carbocycles. The Morgan fingerprint density at radius 2 is 2.22 bits per heavy atom. The van der Waals surface area contributed by atoms with Gasteiger partial charge in [-0.15, -0.1) is 0 Å². The molecule has 3 amide bonds. The summed E-state index contributed by atoms with van der Waals surface area (Å²) in [5, 5.41) is 21.1. The van der Waals surface area contributed by atoms with Gasteiger partial charge in [-0.1, -0.05) is 22.9 Å². The standard InChI is InChI=1S/C10H15BrN2O5/c1-4-2-13(10(17)12-8(4)16)9-6(11)7(15)5(3-14)18-9/h4-7,9,14-15H,2-3H2,1H3,(H,12,16,17)/t4?,5-,6-,7-,9-/m1/s1. The Hall–Kier alpha value is -0.700. The number of amides is 3. The third-order valence-corrected chi connectivity index (χ3v) is 4.18. The van der Waals surface area contributed by atoms with Gasteiger partial charge < -0.3 is 14.9 Å². The average molecular weight is 323 g/mol. The van der Waals surface area contributed by atoms with Crippen molar-refractivity contribution in [2.24, 2.45) is 5.92 Å². The second-order valence-electron chi connectivity index (χ2n) is 4.53. The van der Waals surface area contributed by atoms with Gasteiger partial charge >= 0.3 is 6.03 Å². The molecular weight excluding hydrogens is 308 g/mol. The van der Waals surface area contributed by atoms with Crippen LogP contribution in [0.3, 0.4) is 0 Å². The van der Waals surface area contributed by atoms with Crippen LogP contribution in [0.2, 0.25) is 0 Å². The SMILES string of the molecule is CC1CN([C@@H]2O[C@H](CO)[C@@H](O)[C@H]2Br)C(=O)NC1=O. The third kappa shape index (κ3) is 2.25. The van der Waals surface area contributed by atoms with Gasteiger partial charge in [-0.05, 0) is 0 Å². The van der Waals surface area contributed by atoms with E-state index in [1.165, 1.54) is 4.90 Å². The van der Waals surface area contributed by atoms with Crippen LogP contribution in [0.4, 0.5) is 4.79 Å². The Labute approximate surface area is 112 Å². The molecule has 0 radical (unpaired) electrons. The number of aliphatic hydroxyl groups excluding tert-OH is 2. The zero-order valence-electron chi connectivity index (χ0n) is 9.75. The molecule has 2 heterocycles. The normalized spacial score (nSPS) is 41.1. The molecular formula is C10H15BrN2O5. The molecule has 2 aliphatic rings. The molecule has 2 fully saturated rings. The Bertz CT molecular complexity index is 366. The predicted octanol–water partition coefficient (Wildman–Crippen LogP) is -0.984. The Morgan fingerprint density at radius 1 is 1.56 bits per heavy atom. The van der Waals surface area contributed by atoms with Crippen LogP contribution < -0.4 is 5.32 Å². The van der Waals surface area contributed by atoms with Crippen molar-refractivity contribution in [1.29, 1.82) is 0 Å². The number of ether oxygens (including phenoxy) is 1. The van der Waals surface area contributed by atoms with Crippen LogP contribution in [0.5, 0.6) is 0 Å². The zero-order chi connectivity index (χ0) is 13.4. The molecule has 3 N–H and O–H groups in total. The van der Waals surface area contributed by atoms with Crippen LogP contribution >= 0.6 is 15.9 Å². The Kier molecular flexibility index (Phi) is 3.90. The maximum atomic E-state index is 11.7. The molecule has 0 aromatic heterocycles. The number of carbonyl (C=O) groups excluding carboxylic acids is 2. The number of nitrogens with zero attached hydrogens (tertiary/aromatic N) is 1. The number of rotatable bonds is 2. The van der Waals surface area contributed by atoms with Crippen LogP contribution in [-0.4, -0.2) is 63.5 Å². The summed E-state index contributed by atoms with van der Waals surface area (Å²) < 4.78 is 5.44. The van der Waals surface area contributed by atoms with E-state index in [9.17, 15) is 14.7 Å². The molecule has 0 aliphatic carbocycles. The molecule has 0 saturated carbocycles. The second kappa shape index (κ2) is 5.12. The van der Waals surface area contributed by atoms with Gasteiger partial charge in [0.1, 0.15) is 12.3 Å². The van der Waals surface area contributed by atoms with Crippen molar-refractivity contribution in [2.75, 3.05) is 13.2 Å². The molecule has 0 spiro atoms. The molecule has 0 bridgehead atoms. The second-order valence-corrected chi connectivity index (χ2v) is 5.59. The zero-order valence-corrected chi connectivity index (χ0v) is 11.3. The third-order valence-electron chi connectivity index (χ3n) is 3.19. The summed E-state index contributed by atoms with van der Waals surface area (Å²) >= 11 is 3.26. The summed E-state index contributed by atoms with van der Waals surface area (Å²) in [6.45, 7) is 1.60. The van der Waals surface area contributed by atoms with Crippen molar-refractivity contribution in [3.05, 3.63) is 0 Å². The van der Waals surface area contributed by atoms with Gasteiger partial charge in [0.2, 0.25) is 5.91 Å². The number of aliphatic hydroxyl groups is 2. The van der Waals surface area contributed by atoms with Gasteiger partial charge in [0.25, 0.3) is 0 Å². The minimum absolute atomic E-state index is 0.225. The van der Waals surface area contributed by atoms with E-state index in [1.54, 1.807) is 6.92 Å². The van der Waals surface area contributed by atoms with E-state index in [0.29, 0.717) is 0 Å². The first-order chi connectivity index (χ1) is 8.45. The lowest BCUT2D eigenvalue weighted by Gasteiger charge is -2.35. The largest absolute Gasteiger partial charge is 0.394 e. The number of alkyl halides is 1. The van der Waals surface area contributed by atoms with Gasteiger partial charge in [0.05, 0.1) is 23.5 Å². The van der Waals surface area contributed by atoms with E-state index in [1.807, 2.05) is 0 Å². The number of urea groups is 1. The molecule has 0 aromatic rings. The fourth-order valence-corrected chi connectivity index (χ4v) is 2.84. The lowest BCUT2D eigenvalue weighted by Crippen LogP contribution is -2.58. The molecule has 2 rings (SSSR count). The number of hydrogen-bond donors (Lipinski definition) is 3. The Morgan fingerprint density at radius 3 is 2.78 bits per heavy atom. The fourth-order valence-electron chi connectivity index (χ4n) is 2.09. The first-order valence-corrected chi connectivity index (χ1v) is 6.57. The molecule has 8 heteroatoms. The predicted molar refractivity (Wildman–Crippen MR) is 63.9 cm³/mol. The maximum absolute atomic E-state index is 11.7. The molecule has 18 heavy (non-hydrogen) atoms. The molecule has 102 valence electrons. The summed E-state index contributed by atoms with van der Waals surface area (Å²) in [5.74, 6) is -0.657. The van der Waals surface area contributed by atoms with E-state index < -0.39 is 29.3 Å². The number of imide groups is 1. The number of carbonyl (C=O) groups is 2. The first kappa shape index (κ1) is 13.7. The van der Waals surface area contributed by atoms with Gasteiger partial charge in [-0.3, -0.25) is 15.0 Å². The van der Waals surface area contributed by atoms with Crippen molar-refractivity contribution in [3.63, 3.8) is 0 Å². The minimum Gasteiger partial charge on any atom is -0.394 e. The van der Waals surface area contributed by atoms with Gasteiger partial charge in [-0.2, -0.15) is 0 Å². The smallest absolute Gasteiger partial charge is 0.326 e. The quantitative estimate of drug-likeness (QED) is 0.567. The number of hydrogen-bond acceptors (Lipinski definition) is 5. The van der Waals surface area contributed by atoms with E-state index in [0.717, 1.165) is 0 Å². The first-order valence-electron chi connectivity index (χ1n) is 5.65. The summed E-state index contributed by atoms with van der Waals surface area (Å²) in [5.41, 5.74) is 0. The summed E-state index contributed by atoms with van der Waals surface area (Å²) in [6, 6.07) is -0.543. The van der Waals surface area contributed by atoms with Crippen molar-refractivity contribution < 1.29 is 24.5 Å². The maximum Gasteiger partial charge on any atom is 0.326 e. The van der Waals surface area contributed by atoms with Gasteiger partial charge in [0.15, 0.2) is 0 Å².